The second-order valence-corrected chi connectivity index (χ2v) is 5.51. The molecular weight excluding hydrogens is 331 g/mol. The van der Waals surface area contributed by atoms with Gasteiger partial charge in [-0.15, -0.1) is 0 Å². The molecule has 0 aliphatic carbocycles. The van der Waals surface area contributed by atoms with Gasteiger partial charge in [-0.05, 0) is 46.1 Å². The molecule has 0 bridgehead atoms. The smallest absolute Gasteiger partial charge is 0.142 e. The quantitative estimate of drug-likeness (QED) is 0.650. The van der Waals surface area contributed by atoms with Crippen LogP contribution in [0.3, 0.4) is 0 Å². The number of benzene rings is 2. The molecule has 0 radical (unpaired) electrons. The van der Waals surface area contributed by atoms with Gasteiger partial charge in [-0.25, -0.2) is 9.82 Å². The van der Waals surface area contributed by atoms with Crippen LogP contribution in [0, 0.1) is 12.7 Å². The number of nitrogens with one attached hydrogen (secondary N) is 1. The van der Waals surface area contributed by atoms with Crippen LogP contribution in [0.1, 0.15) is 22.7 Å². The highest BCUT2D eigenvalue weighted by Gasteiger charge is 2.18. The van der Waals surface area contributed by atoms with Gasteiger partial charge in [0.2, 0.25) is 0 Å². The zero-order valence-electron chi connectivity index (χ0n) is 10.3. The van der Waals surface area contributed by atoms with E-state index < -0.39 is 6.04 Å². The first-order chi connectivity index (χ1) is 9.04. The molecule has 0 amide bonds. The predicted molar refractivity (Wildman–Crippen MR) is 79.5 cm³/mol. The summed E-state index contributed by atoms with van der Waals surface area (Å²) in [5, 5.41) is 0.633. The molecule has 0 aliphatic heterocycles. The van der Waals surface area contributed by atoms with Gasteiger partial charge in [0.25, 0.3) is 0 Å². The average Bonchev–Trinajstić information content (AvgIpc) is 2.39. The molecule has 5 heteroatoms. The molecule has 0 heterocycles. The van der Waals surface area contributed by atoms with Crippen LogP contribution in [0.2, 0.25) is 5.02 Å². The van der Waals surface area contributed by atoms with E-state index >= 15 is 0 Å². The number of hydrogen-bond acceptors (Lipinski definition) is 2. The first kappa shape index (κ1) is 14.5. The van der Waals surface area contributed by atoms with Gasteiger partial charge >= 0.3 is 0 Å². The van der Waals surface area contributed by atoms with Crippen molar-refractivity contribution >= 4 is 27.5 Å². The summed E-state index contributed by atoms with van der Waals surface area (Å²) in [6, 6.07) is 10.2. The Morgan fingerprint density at radius 3 is 2.68 bits per heavy atom. The van der Waals surface area contributed by atoms with Crippen LogP contribution in [0.15, 0.2) is 40.9 Å². The Hall–Kier alpha value is -0.940. The predicted octanol–water partition coefficient (Wildman–Crippen LogP) is 4.10. The van der Waals surface area contributed by atoms with Gasteiger partial charge in [0.1, 0.15) is 5.82 Å². The third kappa shape index (κ3) is 2.98. The van der Waals surface area contributed by atoms with Crippen molar-refractivity contribution < 1.29 is 4.39 Å². The summed E-state index contributed by atoms with van der Waals surface area (Å²) in [6.07, 6.45) is 0. The topological polar surface area (TPSA) is 38.0 Å². The van der Waals surface area contributed by atoms with Gasteiger partial charge < -0.3 is 0 Å². The minimum absolute atomic E-state index is 0.331. The summed E-state index contributed by atoms with van der Waals surface area (Å²) in [6.45, 7) is 1.91. The maximum absolute atomic E-state index is 14.1. The number of hydrogen-bond donors (Lipinski definition) is 2. The Balaban J connectivity index is 2.50. The van der Waals surface area contributed by atoms with E-state index in [1.54, 1.807) is 24.3 Å². The highest BCUT2D eigenvalue weighted by Crippen LogP contribution is 2.29. The molecule has 100 valence electrons. The van der Waals surface area contributed by atoms with Crippen LogP contribution in [-0.4, -0.2) is 0 Å². The van der Waals surface area contributed by atoms with E-state index in [1.165, 1.54) is 0 Å². The van der Waals surface area contributed by atoms with Crippen molar-refractivity contribution in [2.45, 2.75) is 13.0 Å². The number of nitrogens with two attached hydrogens (primary N) is 1. The van der Waals surface area contributed by atoms with Gasteiger partial charge in [-0.1, -0.05) is 35.9 Å². The van der Waals surface area contributed by atoms with Crippen LogP contribution in [0.4, 0.5) is 4.39 Å². The zero-order valence-corrected chi connectivity index (χ0v) is 12.6. The Bertz CT molecular complexity index is 604. The van der Waals surface area contributed by atoms with E-state index in [-0.39, 0.29) is 5.82 Å². The molecule has 0 saturated carbocycles. The molecular formula is C14H13BrClFN2. The van der Waals surface area contributed by atoms with Crippen molar-refractivity contribution in [2.75, 3.05) is 0 Å². The number of rotatable bonds is 3. The molecule has 3 N–H and O–H groups in total. The zero-order chi connectivity index (χ0) is 14.0. The second-order valence-electron chi connectivity index (χ2n) is 4.25. The van der Waals surface area contributed by atoms with Crippen molar-refractivity contribution in [3.8, 4) is 0 Å². The lowest BCUT2D eigenvalue weighted by Gasteiger charge is -2.18. The van der Waals surface area contributed by atoms with Crippen LogP contribution in [0.5, 0.6) is 0 Å². The molecule has 0 saturated heterocycles. The highest BCUT2D eigenvalue weighted by atomic mass is 79.9. The Morgan fingerprint density at radius 2 is 2.05 bits per heavy atom. The van der Waals surface area contributed by atoms with Crippen LogP contribution in [0.25, 0.3) is 0 Å². The summed E-state index contributed by atoms with van der Waals surface area (Å²) >= 11 is 9.27. The maximum atomic E-state index is 14.1. The van der Waals surface area contributed by atoms with Crippen LogP contribution in [-0.2, 0) is 0 Å². The fraction of sp³-hybridized carbons (Fsp3) is 0.143. The van der Waals surface area contributed by atoms with E-state index in [2.05, 4.69) is 21.4 Å². The van der Waals surface area contributed by atoms with Gasteiger partial charge in [-0.3, -0.25) is 5.84 Å². The molecule has 0 spiro atoms. The lowest BCUT2D eigenvalue weighted by atomic mass is 9.98. The molecule has 2 nitrogen and oxygen atoms in total. The largest absolute Gasteiger partial charge is 0.271 e. The average molecular weight is 344 g/mol. The fourth-order valence-electron chi connectivity index (χ4n) is 1.90. The summed E-state index contributed by atoms with van der Waals surface area (Å²) in [4.78, 5) is 0. The van der Waals surface area contributed by atoms with Crippen LogP contribution >= 0.6 is 27.5 Å². The highest BCUT2D eigenvalue weighted by molar-refractivity contribution is 9.10. The van der Waals surface area contributed by atoms with Gasteiger partial charge in [0.05, 0.1) is 10.5 Å². The second kappa shape index (κ2) is 6.01. The van der Waals surface area contributed by atoms with Gasteiger partial charge in [-0.2, -0.15) is 0 Å². The van der Waals surface area contributed by atoms with Gasteiger partial charge in [0.15, 0.2) is 0 Å². The lowest BCUT2D eigenvalue weighted by Crippen LogP contribution is -2.29. The third-order valence-electron chi connectivity index (χ3n) is 2.99. The van der Waals surface area contributed by atoms with E-state index in [9.17, 15) is 4.39 Å². The molecule has 2 aromatic carbocycles. The molecule has 2 rings (SSSR count). The SMILES string of the molecule is Cc1ccc(C(NN)c2cccc(Br)c2F)cc1Cl. The van der Waals surface area contributed by atoms with Crippen LogP contribution < -0.4 is 11.3 Å². The van der Waals surface area contributed by atoms with Crippen molar-refractivity contribution in [3.63, 3.8) is 0 Å². The van der Waals surface area contributed by atoms with E-state index in [1.807, 2.05) is 19.1 Å². The van der Waals surface area contributed by atoms with Gasteiger partial charge in [0, 0.05) is 10.6 Å². The van der Waals surface area contributed by atoms with Crippen molar-refractivity contribution in [2.24, 2.45) is 5.84 Å². The minimum Gasteiger partial charge on any atom is -0.271 e. The fourth-order valence-corrected chi connectivity index (χ4v) is 2.47. The number of aryl methyl sites for hydroxylation is 1. The van der Waals surface area contributed by atoms with Crippen molar-refractivity contribution in [1.29, 1.82) is 0 Å². The first-order valence-corrected chi connectivity index (χ1v) is 6.87. The van der Waals surface area contributed by atoms with E-state index in [4.69, 9.17) is 17.4 Å². The molecule has 1 atom stereocenters. The first-order valence-electron chi connectivity index (χ1n) is 5.70. The third-order valence-corrected chi connectivity index (χ3v) is 4.01. The number of hydrazine groups is 1. The molecule has 0 aliphatic rings. The summed E-state index contributed by atoms with van der Waals surface area (Å²) < 4.78 is 14.5. The van der Waals surface area contributed by atoms with E-state index in [0.717, 1.165) is 11.1 Å². The minimum atomic E-state index is -0.449. The molecule has 0 aromatic heterocycles. The Labute approximate surface area is 124 Å². The monoisotopic (exact) mass is 342 g/mol. The summed E-state index contributed by atoms with van der Waals surface area (Å²) in [5.41, 5.74) is 4.88. The lowest BCUT2D eigenvalue weighted by molar-refractivity contribution is 0.556. The molecule has 2 aromatic rings. The molecule has 1 unspecified atom stereocenters. The standard InChI is InChI=1S/C14H13BrClFN2/c1-8-5-6-9(7-12(8)16)14(19-18)10-3-2-4-11(15)13(10)17/h2-7,14,19H,18H2,1H3. The van der Waals surface area contributed by atoms with Crippen molar-refractivity contribution in [3.05, 3.63) is 68.4 Å². The summed E-state index contributed by atoms with van der Waals surface area (Å²) in [5.74, 6) is 5.24. The normalized spacial score (nSPS) is 12.5. The molecule has 0 fully saturated rings. The Kier molecular flexibility index (Phi) is 4.58. The van der Waals surface area contributed by atoms with E-state index in [0.29, 0.717) is 15.1 Å². The maximum Gasteiger partial charge on any atom is 0.142 e. The summed E-state index contributed by atoms with van der Waals surface area (Å²) in [7, 11) is 0. The number of halogens is 3. The molecule has 19 heavy (non-hydrogen) atoms. The Morgan fingerprint density at radius 1 is 1.32 bits per heavy atom. The van der Waals surface area contributed by atoms with Crippen molar-refractivity contribution in [1.82, 2.24) is 5.43 Å².